The zero-order valence-electron chi connectivity index (χ0n) is 21.4. The number of nitrogens with zero attached hydrogens (tertiary/aromatic N) is 3. The summed E-state index contributed by atoms with van der Waals surface area (Å²) in [6.45, 7) is 10.9. The van der Waals surface area contributed by atoms with Gasteiger partial charge in [0.2, 0.25) is 5.95 Å². The second kappa shape index (κ2) is 11.9. The summed E-state index contributed by atoms with van der Waals surface area (Å²) in [6, 6.07) is 6.50. The van der Waals surface area contributed by atoms with Crippen molar-refractivity contribution in [3.8, 4) is 0 Å². The molecule has 10 nitrogen and oxygen atoms in total. The van der Waals surface area contributed by atoms with Gasteiger partial charge >= 0.3 is 0 Å². The number of rotatable bonds is 12. The van der Waals surface area contributed by atoms with E-state index in [1.165, 1.54) is 12.1 Å². The number of anilines is 3. The van der Waals surface area contributed by atoms with Crippen molar-refractivity contribution in [3.63, 3.8) is 0 Å². The lowest BCUT2D eigenvalue weighted by Gasteiger charge is -2.27. The van der Waals surface area contributed by atoms with E-state index in [-0.39, 0.29) is 28.4 Å². The van der Waals surface area contributed by atoms with Gasteiger partial charge in [0.15, 0.2) is 0 Å². The van der Waals surface area contributed by atoms with Crippen molar-refractivity contribution in [2.75, 3.05) is 28.7 Å². The second-order valence-electron chi connectivity index (χ2n) is 10.3. The van der Waals surface area contributed by atoms with E-state index in [1.807, 2.05) is 6.92 Å². The average Bonchev–Trinajstić information content (AvgIpc) is 2.74. The van der Waals surface area contributed by atoms with E-state index in [0.717, 1.165) is 0 Å². The summed E-state index contributed by atoms with van der Waals surface area (Å²) in [5.41, 5.74) is -0.391. The molecule has 2 rings (SSSR count). The molecule has 0 radical (unpaired) electrons. The van der Waals surface area contributed by atoms with Gasteiger partial charge in [-0.25, -0.2) is 17.6 Å². The van der Waals surface area contributed by atoms with Crippen LogP contribution < -0.4 is 10.6 Å². The minimum Gasteiger partial charge on any atom is -0.395 e. The highest BCUT2D eigenvalue weighted by molar-refractivity contribution is 9.10. The first kappa shape index (κ1) is 30.6. The zero-order chi connectivity index (χ0) is 27.4. The fourth-order valence-electron chi connectivity index (χ4n) is 2.77. The molecular formula is C22H36BrN5O5S2Si. The van der Waals surface area contributed by atoms with E-state index < -0.39 is 40.0 Å². The first-order valence-corrected chi connectivity index (χ1v) is 19.2. The van der Waals surface area contributed by atoms with E-state index in [1.54, 1.807) is 32.2 Å². The molecule has 0 aliphatic carbocycles. The lowest BCUT2D eigenvalue weighted by molar-refractivity contribution is 0.0647. The molecule has 14 heteroatoms. The van der Waals surface area contributed by atoms with Gasteiger partial charge < -0.3 is 20.8 Å². The highest BCUT2D eigenvalue weighted by atomic mass is 79.9. The van der Waals surface area contributed by atoms with Crippen LogP contribution in [0.4, 0.5) is 17.5 Å². The van der Waals surface area contributed by atoms with Gasteiger partial charge in [0, 0.05) is 24.9 Å². The Morgan fingerprint density at radius 1 is 1.14 bits per heavy atom. The molecule has 0 saturated carbocycles. The van der Waals surface area contributed by atoms with Gasteiger partial charge in [-0.2, -0.15) is 4.98 Å². The van der Waals surface area contributed by atoms with Crippen molar-refractivity contribution in [2.24, 2.45) is 3.77 Å². The normalized spacial score (nSPS) is 15.1. The maximum Gasteiger partial charge on any atom is 0.260 e. The van der Waals surface area contributed by atoms with Crippen LogP contribution in [0.15, 0.2) is 43.6 Å². The van der Waals surface area contributed by atoms with Crippen molar-refractivity contribution >= 4 is 61.2 Å². The van der Waals surface area contributed by atoms with Crippen LogP contribution in [0.3, 0.4) is 0 Å². The lowest BCUT2D eigenvalue weighted by atomic mass is 10.0. The summed E-state index contributed by atoms with van der Waals surface area (Å²) in [5, 5.41) is 25.8. The number of aliphatic hydroxyl groups excluding tert-OH is 1. The third kappa shape index (κ3) is 9.38. The molecule has 1 unspecified atom stereocenters. The Balaban J connectivity index is 2.29. The Hall–Kier alpha value is -1.58. The summed E-state index contributed by atoms with van der Waals surface area (Å²) in [6.07, 6.45) is 1.57. The van der Waals surface area contributed by atoms with Gasteiger partial charge in [-0.3, -0.25) is 0 Å². The second-order valence-corrected chi connectivity index (χ2v) is 21.1. The van der Waals surface area contributed by atoms with Crippen LogP contribution in [0.2, 0.25) is 25.7 Å². The maximum absolute atomic E-state index is 13.5. The van der Waals surface area contributed by atoms with Gasteiger partial charge in [-0.05, 0) is 67.0 Å². The molecule has 0 fully saturated rings. The molecule has 1 heterocycles. The molecule has 0 spiro atoms. The van der Waals surface area contributed by atoms with E-state index in [4.69, 9.17) is 0 Å². The van der Waals surface area contributed by atoms with Gasteiger partial charge in [0.1, 0.15) is 5.82 Å². The smallest absolute Gasteiger partial charge is 0.260 e. The number of benzene rings is 1. The van der Waals surface area contributed by atoms with Crippen molar-refractivity contribution < 1.29 is 22.8 Å². The van der Waals surface area contributed by atoms with Crippen LogP contribution in [0.25, 0.3) is 0 Å². The van der Waals surface area contributed by atoms with Gasteiger partial charge in [-0.1, -0.05) is 19.6 Å². The molecule has 0 saturated heterocycles. The summed E-state index contributed by atoms with van der Waals surface area (Å²) in [4.78, 5) is 8.89. The lowest BCUT2D eigenvalue weighted by Crippen LogP contribution is -2.39. The van der Waals surface area contributed by atoms with Gasteiger partial charge in [-0.15, -0.1) is 3.77 Å². The predicted octanol–water partition coefficient (Wildman–Crippen LogP) is 4.04. The third-order valence-corrected chi connectivity index (χ3v) is 12.4. The van der Waals surface area contributed by atoms with E-state index in [2.05, 4.69) is 59.9 Å². The highest BCUT2D eigenvalue weighted by Gasteiger charge is 2.24. The molecule has 1 aromatic carbocycles. The standard InChI is InChI=1S/C22H36BrN5O5S2Si/c1-16(22(2,3)30)25-20-19(23)15-24-21(27-20)26-17-7-9-18(10-8-17)34(31,12-11-29)28-35(32,33)13-14-36(4,5)6/h7-10,15-16,29-30H,11-14H2,1-6H3,(H2,24,25,26,27)/t16-,34?/m1/s1. The average molecular weight is 623 g/mol. The van der Waals surface area contributed by atoms with Crippen LogP contribution in [0.1, 0.15) is 20.8 Å². The van der Waals surface area contributed by atoms with Crippen LogP contribution in [0.5, 0.6) is 0 Å². The molecule has 2 atom stereocenters. The Morgan fingerprint density at radius 2 is 1.75 bits per heavy atom. The number of aromatic nitrogens is 2. The first-order chi connectivity index (χ1) is 16.4. The summed E-state index contributed by atoms with van der Waals surface area (Å²) >= 11 is 3.40. The SMILES string of the molecule is C[C@@H](Nc1nc(Nc2ccc(S(=O)(CCO)=NS(=O)(=O)CC[Si](C)(C)C)cc2)ncc1Br)C(C)(C)O. The Morgan fingerprint density at radius 3 is 2.28 bits per heavy atom. The maximum atomic E-state index is 13.5. The fourth-order valence-corrected chi connectivity index (χ4v) is 10.0. The van der Waals surface area contributed by atoms with Crippen LogP contribution in [0, 0.1) is 0 Å². The minimum absolute atomic E-state index is 0.159. The summed E-state index contributed by atoms with van der Waals surface area (Å²) in [7, 11) is -8.92. The molecular weight excluding hydrogens is 586 g/mol. The topological polar surface area (TPSA) is 154 Å². The fraction of sp³-hybridized carbons (Fsp3) is 0.545. The van der Waals surface area contributed by atoms with Crippen LogP contribution in [-0.2, 0) is 19.8 Å². The van der Waals surface area contributed by atoms with Gasteiger partial charge in [0.25, 0.3) is 10.0 Å². The third-order valence-electron chi connectivity index (χ3n) is 5.35. The Kier molecular flexibility index (Phi) is 10.1. The van der Waals surface area contributed by atoms with Crippen molar-refractivity contribution in [1.82, 2.24) is 9.97 Å². The molecule has 1 aromatic heterocycles. The van der Waals surface area contributed by atoms with Crippen LogP contribution >= 0.6 is 15.9 Å². The molecule has 36 heavy (non-hydrogen) atoms. The summed E-state index contributed by atoms with van der Waals surface area (Å²) < 4.78 is 43.1. The molecule has 0 bridgehead atoms. The predicted molar refractivity (Wildman–Crippen MR) is 152 cm³/mol. The number of nitrogens with one attached hydrogen (secondary N) is 2. The minimum atomic E-state index is -3.92. The number of hydrogen-bond donors (Lipinski definition) is 4. The number of aliphatic hydroxyl groups is 2. The number of halogens is 1. The zero-order valence-corrected chi connectivity index (χ0v) is 25.7. The van der Waals surface area contributed by atoms with E-state index in [0.29, 0.717) is 22.0 Å². The van der Waals surface area contributed by atoms with Crippen molar-refractivity contribution in [3.05, 3.63) is 34.9 Å². The van der Waals surface area contributed by atoms with Crippen LogP contribution in [-0.4, -0.2) is 70.6 Å². The van der Waals surface area contributed by atoms with Crippen molar-refractivity contribution in [2.45, 2.75) is 63.0 Å². The molecule has 4 N–H and O–H groups in total. The Labute approximate surface area is 223 Å². The van der Waals surface area contributed by atoms with E-state index in [9.17, 15) is 22.8 Å². The molecule has 0 aliphatic heterocycles. The van der Waals surface area contributed by atoms with Crippen molar-refractivity contribution in [1.29, 1.82) is 0 Å². The number of hydrogen-bond acceptors (Lipinski definition) is 9. The Bertz CT molecular complexity index is 1270. The first-order valence-electron chi connectivity index (χ1n) is 11.4. The largest absolute Gasteiger partial charge is 0.395 e. The highest BCUT2D eigenvalue weighted by Crippen LogP contribution is 2.26. The van der Waals surface area contributed by atoms with E-state index >= 15 is 0 Å². The molecule has 0 amide bonds. The summed E-state index contributed by atoms with van der Waals surface area (Å²) in [5.74, 6) is 0.336. The molecule has 2 aromatic rings. The monoisotopic (exact) mass is 621 g/mol. The molecule has 0 aliphatic rings. The quantitative estimate of drug-likeness (QED) is 0.257. The molecule has 202 valence electrons. The number of sulfonamides is 1. The van der Waals surface area contributed by atoms with Gasteiger partial charge in [0.05, 0.1) is 44.0 Å².